The zero-order valence-corrected chi connectivity index (χ0v) is 17.0. The largest absolute Gasteiger partial charge is 0.414 e. The summed E-state index contributed by atoms with van der Waals surface area (Å²) in [6, 6.07) is 6.09. The minimum absolute atomic E-state index is 0.180. The fourth-order valence-corrected chi connectivity index (χ4v) is 3.25. The zero-order valence-electron chi connectivity index (χ0n) is 15.2. The van der Waals surface area contributed by atoms with Gasteiger partial charge in [-0.3, -0.25) is 5.41 Å². The number of aliphatic imine (C=N–C) groups is 1. The van der Waals surface area contributed by atoms with Crippen LogP contribution in [0.15, 0.2) is 34.0 Å². The monoisotopic (exact) mass is 376 g/mol. The first-order chi connectivity index (χ1) is 11.9. The van der Waals surface area contributed by atoms with Crippen molar-refractivity contribution in [2.45, 2.75) is 27.2 Å². The predicted molar refractivity (Wildman–Crippen MR) is 112 cm³/mol. The van der Waals surface area contributed by atoms with Crippen LogP contribution in [0.2, 0.25) is 0 Å². The first kappa shape index (κ1) is 19.7. The summed E-state index contributed by atoms with van der Waals surface area (Å²) < 4.78 is 5.81. The van der Waals surface area contributed by atoms with Crippen molar-refractivity contribution in [3.8, 4) is 5.75 Å². The average molecular weight is 377 g/mol. The lowest BCUT2D eigenvalue weighted by molar-refractivity contribution is 0.357. The van der Waals surface area contributed by atoms with Crippen molar-refractivity contribution in [3.05, 3.63) is 51.2 Å². The molecule has 4 nitrogen and oxygen atoms in total. The van der Waals surface area contributed by atoms with Crippen molar-refractivity contribution >= 4 is 35.0 Å². The lowest BCUT2D eigenvalue weighted by atomic mass is 10.0. The fourth-order valence-electron chi connectivity index (χ4n) is 2.39. The van der Waals surface area contributed by atoms with Crippen molar-refractivity contribution < 1.29 is 4.74 Å². The highest BCUT2D eigenvalue weighted by Crippen LogP contribution is 2.24. The van der Waals surface area contributed by atoms with Gasteiger partial charge in [0.05, 0.1) is 12.6 Å². The Labute approximate surface area is 159 Å². The smallest absolute Gasteiger partial charge is 0.402 e. The topological polar surface area (TPSA) is 48.7 Å². The molecule has 25 heavy (non-hydrogen) atoms. The Balaban J connectivity index is 2.09. The molecule has 2 aromatic rings. The molecule has 1 heterocycles. The predicted octanol–water partition coefficient (Wildman–Crippen LogP) is 3.63. The maximum atomic E-state index is 7.99. The van der Waals surface area contributed by atoms with E-state index in [1.165, 1.54) is 11.1 Å². The molecule has 6 heteroatoms. The Morgan fingerprint density at radius 3 is 2.72 bits per heavy atom. The van der Waals surface area contributed by atoms with Gasteiger partial charge >= 0.3 is 5.23 Å². The van der Waals surface area contributed by atoms with E-state index in [9.17, 15) is 0 Å². The van der Waals surface area contributed by atoms with Gasteiger partial charge in [0.1, 0.15) is 5.75 Å². The van der Waals surface area contributed by atoms with Crippen LogP contribution in [0.25, 0.3) is 0 Å². The molecule has 0 bridgehead atoms. The summed E-state index contributed by atoms with van der Waals surface area (Å²) in [6.45, 7) is 8.40. The van der Waals surface area contributed by atoms with Crippen LogP contribution in [-0.2, 0) is 19.0 Å². The van der Waals surface area contributed by atoms with Crippen LogP contribution in [0.4, 0.5) is 0 Å². The van der Waals surface area contributed by atoms with Crippen LogP contribution in [0.5, 0.6) is 5.75 Å². The number of rotatable bonds is 6. The molecule has 0 spiro atoms. The highest BCUT2D eigenvalue weighted by molar-refractivity contribution is 7.77. The third-order valence-electron chi connectivity index (χ3n) is 4.15. The summed E-state index contributed by atoms with van der Waals surface area (Å²) in [6.07, 6.45) is 1.02. The van der Waals surface area contributed by atoms with Crippen LogP contribution in [0, 0.1) is 19.3 Å². The van der Waals surface area contributed by atoms with Gasteiger partial charge in [0.25, 0.3) is 0 Å². The van der Waals surface area contributed by atoms with E-state index >= 15 is 0 Å². The van der Waals surface area contributed by atoms with Crippen molar-refractivity contribution in [3.63, 3.8) is 0 Å². The van der Waals surface area contributed by atoms with Gasteiger partial charge in [0.2, 0.25) is 0 Å². The Morgan fingerprint density at radius 2 is 2.08 bits per heavy atom. The summed E-state index contributed by atoms with van der Waals surface area (Å²) in [7, 11) is 2.13. The van der Waals surface area contributed by atoms with Gasteiger partial charge in [-0.25, -0.2) is 0 Å². The highest BCUT2D eigenvalue weighted by Gasteiger charge is 2.12. The summed E-state index contributed by atoms with van der Waals surface area (Å²) >= 11 is 4.92. The second-order valence-electron chi connectivity index (χ2n) is 6.07. The van der Waals surface area contributed by atoms with E-state index in [1.807, 2.05) is 29.8 Å². The van der Waals surface area contributed by atoms with E-state index in [1.54, 1.807) is 11.3 Å². The van der Waals surface area contributed by atoms with Crippen LogP contribution in [0.3, 0.4) is 0 Å². The molecule has 0 fully saturated rings. The molecule has 0 saturated heterocycles. The van der Waals surface area contributed by atoms with Gasteiger partial charge in [-0.2, -0.15) is 11.3 Å². The molecular weight excluding hydrogens is 350 g/mol. The third kappa shape index (κ3) is 5.70. The number of thiophene rings is 1. The van der Waals surface area contributed by atoms with E-state index in [0.717, 1.165) is 36.4 Å². The van der Waals surface area contributed by atoms with E-state index in [2.05, 4.69) is 49.5 Å². The first-order valence-corrected chi connectivity index (χ1v) is 9.73. The van der Waals surface area contributed by atoms with Crippen LogP contribution in [0.1, 0.15) is 29.2 Å². The van der Waals surface area contributed by atoms with Crippen LogP contribution >= 0.6 is 11.3 Å². The number of hydrogen-bond acceptors (Lipinski definition) is 4. The number of aryl methyl sites for hydroxylation is 2. The Morgan fingerprint density at radius 1 is 1.32 bits per heavy atom. The number of likely N-dealkylation sites (N-methyl/N-ethyl adjacent to an activating group) is 1. The van der Waals surface area contributed by atoms with Gasteiger partial charge in [-0.15, -0.1) is 4.99 Å². The van der Waals surface area contributed by atoms with E-state index in [-0.39, 0.29) is 11.1 Å². The molecule has 0 aliphatic rings. The number of nitrogens with one attached hydrogen (secondary N) is 1. The molecule has 0 radical (unpaired) electrons. The van der Waals surface area contributed by atoms with Crippen molar-refractivity contribution in [1.82, 2.24) is 4.90 Å². The van der Waals surface area contributed by atoms with Crippen molar-refractivity contribution in [2.75, 3.05) is 20.1 Å². The minimum Gasteiger partial charge on any atom is -0.402 e. The van der Waals surface area contributed by atoms with Gasteiger partial charge in [0, 0.05) is 17.5 Å². The molecule has 1 aromatic heterocycles. The average Bonchev–Trinajstić information content (AvgIpc) is 3.10. The number of nitrogens with zero attached hydrogens (tertiary/aromatic N) is 2. The normalized spacial score (nSPS) is 11.8. The molecule has 0 atom stereocenters. The second-order valence-corrected chi connectivity index (χ2v) is 7.28. The number of benzene rings is 1. The van der Waals surface area contributed by atoms with Gasteiger partial charge < -0.3 is 9.64 Å². The van der Waals surface area contributed by atoms with E-state index in [0.29, 0.717) is 0 Å². The molecule has 0 unspecified atom stereocenters. The Bertz CT molecular complexity index is 754. The van der Waals surface area contributed by atoms with E-state index < -0.39 is 0 Å². The molecular formula is C19H26N3OS2+. The standard InChI is InChI=1S/C19H25N3OS2/c1-5-22(4)8-6-15-10-14(3)17(11-13(15)2)23-19(24)21-18(20)16-7-9-25-12-16/h7,9-12H,5-6,8H2,1-4H3,(H2,20,21,24)/p+1. The lowest BCUT2D eigenvalue weighted by Crippen LogP contribution is -2.20. The number of amidine groups is 1. The summed E-state index contributed by atoms with van der Waals surface area (Å²) in [5.74, 6) is 0.941. The summed E-state index contributed by atoms with van der Waals surface area (Å²) in [5.41, 5.74) is 4.39. The van der Waals surface area contributed by atoms with E-state index in [4.69, 9.17) is 10.1 Å². The summed E-state index contributed by atoms with van der Waals surface area (Å²) in [5, 5.41) is 12.1. The zero-order chi connectivity index (χ0) is 18.4. The molecule has 0 saturated carbocycles. The highest BCUT2D eigenvalue weighted by atomic mass is 32.1. The summed E-state index contributed by atoms with van der Waals surface area (Å²) in [4.78, 5) is 6.47. The van der Waals surface area contributed by atoms with Crippen LogP contribution < -0.4 is 4.74 Å². The number of ether oxygens (including phenoxy) is 1. The SMILES string of the molecule is CCN(C)CCc1cc(C)c(OC([SH2+])=NC(=N)c2ccsc2)cc1C. The molecule has 0 aliphatic heterocycles. The second kappa shape index (κ2) is 9.17. The minimum atomic E-state index is 0.180. The third-order valence-corrected chi connectivity index (χ3v) is 5.05. The molecule has 134 valence electrons. The van der Waals surface area contributed by atoms with Crippen LogP contribution in [-0.4, -0.2) is 36.1 Å². The number of hydrogen-bond donors (Lipinski definition) is 1. The molecule has 0 aliphatic carbocycles. The van der Waals surface area contributed by atoms with Gasteiger partial charge in [-0.05, 0) is 68.1 Å². The Kier molecular flexibility index (Phi) is 7.23. The molecule has 1 N–H and O–H groups in total. The van der Waals surface area contributed by atoms with Crippen molar-refractivity contribution in [1.29, 1.82) is 5.41 Å². The maximum absolute atomic E-state index is 7.99. The molecule has 2 rings (SSSR count). The van der Waals surface area contributed by atoms with Gasteiger partial charge in [0.15, 0.2) is 5.84 Å². The van der Waals surface area contributed by atoms with Gasteiger partial charge in [-0.1, -0.05) is 13.0 Å². The first-order valence-electron chi connectivity index (χ1n) is 8.28. The maximum Gasteiger partial charge on any atom is 0.414 e. The lowest BCUT2D eigenvalue weighted by Gasteiger charge is -2.16. The fraction of sp³-hybridized carbons (Fsp3) is 0.368. The molecule has 0 amide bonds. The Hall–Kier alpha value is -1.63. The quantitative estimate of drug-likeness (QED) is 0.475. The van der Waals surface area contributed by atoms with Crippen molar-refractivity contribution in [2.24, 2.45) is 4.99 Å². The molecule has 1 aromatic carbocycles.